The van der Waals surface area contributed by atoms with Gasteiger partial charge in [0.15, 0.2) is 0 Å². The third-order valence-corrected chi connectivity index (χ3v) is 6.42. The van der Waals surface area contributed by atoms with Crippen molar-refractivity contribution in [1.29, 1.82) is 0 Å². The van der Waals surface area contributed by atoms with Crippen LogP contribution in [0.1, 0.15) is 83.1 Å². The topological polar surface area (TPSA) is 40.2 Å². The molecule has 0 aliphatic carbocycles. The van der Waals surface area contributed by atoms with E-state index < -0.39 is 5.72 Å². The summed E-state index contributed by atoms with van der Waals surface area (Å²) in [6.07, 6.45) is 18.2. The van der Waals surface area contributed by atoms with Gasteiger partial charge in [-0.3, -0.25) is 0 Å². The first kappa shape index (κ1) is 23.0. The molecule has 164 valence electrons. The Kier molecular flexibility index (Phi) is 8.95. The van der Waals surface area contributed by atoms with Gasteiger partial charge < -0.3 is 5.11 Å². The molecule has 1 aliphatic rings. The second-order valence-electron chi connectivity index (χ2n) is 8.56. The molecule has 0 fully saturated rings. The quantitative estimate of drug-likeness (QED) is 0.313. The van der Waals surface area contributed by atoms with Crippen LogP contribution in [0.5, 0.6) is 0 Å². The van der Waals surface area contributed by atoms with E-state index in [0.717, 1.165) is 24.5 Å². The number of unbranched alkanes of at least 4 members (excludes halogenated alkanes) is 10. The van der Waals surface area contributed by atoms with Gasteiger partial charge in [0.05, 0.1) is 12.7 Å². The summed E-state index contributed by atoms with van der Waals surface area (Å²) >= 11 is 6.06. The van der Waals surface area contributed by atoms with Crippen LogP contribution >= 0.6 is 11.6 Å². The minimum atomic E-state index is -1.08. The van der Waals surface area contributed by atoms with Crippen LogP contribution < -0.4 is 9.47 Å². The Morgan fingerprint density at radius 3 is 2.20 bits per heavy atom. The van der Waals surface area contributed by atoms with Gasteiger partial charge in [-0.2, -0.15) is 0 Å². The summed E-state index contributed by atoms with van der Waals surface area (Å²) < 4.78 is 2.03. The maximum atomic E-state index is 11.6. The largest absolute Gasteiger partial charge is 0.396 e. The summed E-state index contributed by atoms with van der Waals surface area (Å²) in [4.78, 5) is 6.61. The first-order chi connectivity index (χ1) is 14.6. The van der Waals surface area contributed by atoms with Gasteiger partial charge >= 0.3 is 5.95 Å². The molecular formula is C25H37ClN3O+. The van der Waals surface area contributed by atoms with Gasteiger partial charge in [0.1, 0.15) is 12.7 Å². The van der Waals surface area contributed by atoms with E-state index in [0.29, 0.717) is 11.6 Å². The molecule has 0 bridgehead atoms. The monoisotopic (exact) mass is 430 g/mol. The van der Waals surface area contributed by atoms with Crippen LogP contribution in [-0.2, 0) is 12.3 Å². The third-order valence-electron chi connectivity index (χ3n) is 6.17. The molecular weight excluding hydrogens is 394 g/mol. The fourth-order valence-corrected chi connectivity index (χ4v) is 4.54. The Bertz CT molecular complexity index is 767. The molecule has 1 aliphatic heterocycles. The Hall–Kier alpha value is -1.65. The van der Waals surface area contributed by atoms with Gasteiger partial charge in [-0.1, -0.05) is 99.8 Å². The second kappa shape index (κ2) is 11.7. The number of aliphatic hydroxyl groups is 1. The summed E-state index contributed by atoms with van der Waals surface area (Å²) in [7, 11) is 0. The number of fused-ring (bicyclic) bond motifs is 1. The van der Waals surface area contributed by atoms with Gasteiger partial charge in [0, 0.05) is 16.7 Å². The van der Waals surface area contributed by atoms with E-state index in [1.165, 1.54) is 64.2 Å². The lowest BCUT2D eigenvalue weighted by molar-refractivity contribution is -0.685. The molecule has 0 radical (unpaired) electrons. The molecule has 0 unspecified atom stereocenters. The average Bonchev–Trinajstić information content (AvgIpc) is 3.05. The molecule has 0 amide bonds. The summed E-state index contributed by atoms with van der Waals surface area (Å²) in [5.74, 6) is 0.835. The molecule has 1 aromatic heterocycles. The highest BCUT2D eigenvalue weighted by atomic mass is 35.5. The smallest absolute Gasteiger partial charge is 0.353 e. The highest BCUT2D eigenvalue weighted by Gasteiger charge is 2.51. The van der Waals surface area contributed by atoms with Crippen molar-refractivity contribution in [1.82, 2.24) is 4.98 Å². The fraction of sp³-hybridized carbons (Fsp3) is 0.600. The number of nitrogens with zero attached hydrogens (tertiary/aromatic N) is 3. The summed E-state index contributed by atoms with van der Waals surface area (Å²) in [5, 5.41) is 12.3. The Morgan fingerprint density at radius 2 is 1.57 bits per heavy atom. The minimum Gasteiger partial charge on any atom is -0.353 e. The second-order valence-corrected chi connectivity index (χ2v) is 8.99. The van der Waals surface area contributed by atoms with Crippen LogP contribution in [0.3, 0.4) is 0 Å². The molecule has 2 aromatic rings. The highest BCUT2D eigenvalue weighted by molar-refractivity contribution is 6.30. The molecule has 0 saturated heterocycles. The first-order valence-electron chi connectivity index (χ1n) is 11.8. The van der Waals surface area contributed by atoms with Crippen LogP contribution in [0, 0.1) is 0 Å². The number of aromatic nitrogens is 2. The molecule has 2 heterocycles. The zero-order chi connectivity index (χ0) is 21.2. The van der Waals surface area contributed by atoms with Crippen molar-refractivity contribution in [2.45, 2.75) is 89.8 Å². The van der Waals surface area contributed by atoms with Crippen LogP contribution in [-0.4, -0.2) is 16.6 Å². The predicted molar refractivity (Wildman–Crippen MR) is 124 cm³/mol. The summed E-state index contributed by atoms with van der Waals surface area (Å²) in [6, 6.07) is 9.44. The number of hydrogen-bond acceptors (Lipinski definition) is 3. The highest BCUT2D eigenvalue weighted by Crippen LogP contribution is 2.34. The fourth-order valence-electron chi connectivity index (χ4n) is 4.41. The molecule has 1 atom stereocenters. The maximum absolute atomic E-state index is 11.6. The molecule has 1 aromatic carbocycles. The van der Waals surface area contributed by atoms with E-state index in [9.17, 15) is 5.11 Å². The van der Waals surface area contributed by atoms with E-state index >= 15 is 0 Å². The van der Waals surface area contributed by atoms with Crippen molar-refractivity contribution in [3.05, 3.63) is 53.3 Å². The van der Waals surface area contributed by atoms with Crippen molar-refractivity contribution < 1.29 is 9.67 Å². The van der Waals surface area contributed by atoms with E-state index in [1.54, 1.807) is 6.20 Å². The van der Waals surface area contributed by atoms with Crippen molar-refractivity contribution in [2.24, 2.45) is 0 Å². The van der Waals surface area contributed by atoms with Gasteiger partial charge in [-0.05, 0) is 18.6 Å². The lowest BCUT2D eigenvalue weighted by Crippen LogP contribution is -2.46. The number of hydrogen-bond donors (Lipinski definition) is 1. The zero-order valence-electron chi connectivity index (χ0n) is 18.4. The normalized spacial score (nSPS) is 18.0. The van der Waals surface area contributed by atoms with Crippen LogP contribution in [0.2, 0.25) is 5.02 Å². The molecule has 3 rings (SSSR count). The molecule has 4 nitrogen and oxygen atoms in total. The lowest BCUT2D eigenvalue weighted by Gasteiger charge is -2.28. The van der Waals surface area contributed by atoms with E-state index in [1.807, 2.05) is 41.1 Å². The lowest BCUT2D eigenvalue weighted by atomic mass is 10.0. The zero-order valence-corrected chi connectivity index (χ0v) is 19.2. The summed E-state index contributed by atoms with van der Waals surface area (Å²) in [5.41, 5.74) is -0.217. The van der Waals surface area contributed by atoms with Gasteiger partial charge in [0.25, 0.3) is 0 Å². The predicted octanol–water partition coefficient (Wildman–Crippen LogP) is 6.00. The van der Waals surface area contributed by atoms with Crippen LogP contribution in [0.4, 0.5) is 5.95 Å². The third kappa shape index (κ3) is 5.95. The van der Waals surface area contributed by atoms with Gasteiger partial charge in [-0.25, -0.2) is 9.47 Å². The number of halogens is 1. The van der Waals surface area contributed by atoms with Crippen molar-refractivity contribution >= 4 is 17.5 Å². The first-order valence-corrected chi connectivity index (χ1v) is 12.1. The van der Waals surface area contributed by atoms with Crippen molar-refractivity contribution in [3.63, 3.8) is 0 Å². The SMILES string of the molecule is CCCCCCCCCCCCCN1c2nccc[n+]2C[C@@]1(O)c1ccc(Cl)cc1. The molecule has 30 heavy (non-hydrogen) atoms. The number of benzene rings is 1. The molecule has 1 N–H and O–H groups in total. The molecule has 0 spiro atoms. The maximum Gasteiger partial charge on any atom is 0.396 e. The molecule has 5 heteroatoms. The van der Waals surface area contributed by atoms with Crippen molar-refractivity contribution in [2.75, 3.05) is 11.4 Å². The van der Waals surface area contributed by atoms with E-state index in [4.69, 9.17) is 11.6 Å². The Balaban J connectivity index is 1.47. The standard InChI is InChI=1S/C25H37ClN3O/c1-2-3-4-5-6-7-8-9-10-11-12-20-29-24-27-18-13-19-28(24)21-25(29,30)22-14-16-23(26)17-15-22/h13-19,30H,2-12,20-21H2,1H3/q+1/t25-/m1/s1. The summed E-state index contributed by atoms with van der Waals surface area (Å²) in [6.45, 7) is 3.55. The Labute approximate surface area is 186 Å². The van der Waals surface area contributed by atoms with Crippen molar-refractivity contribution in [3.8, 4) is 0 Å². The van der Waals surface area contributed by atoms with E-state index in [2.05, 4.69) is 16.8 Å². The minimum absolute atomic E-state index is 0.482. The van der Waals surface area contributed by atoms with Crippen LogP contribution in [0.15, 0.2) is 42.7 Å². The Morgan fingerprint density at radius 1 is 0.967 bits per heavy atom. The number of anilines is 1. The van der Waals surface area contributed by atoms with E-state index in [-0.39, 0.29) is 0 Å². The van der Waals surface area contributed by atoms with Gasteiger partial charge in [0.2, 0.25) is 5.72 Å². The number of rotatable bonds is 13. The van der Waals surface area contributed by atoms with Gasteiger partial charge in [-0.15, -0.1) is 0 Å². The average molecular weight is 431 g/mol. The molecule has 0 saturated carbocycles. The van der Waals surface area contributed by atoms with Crippen LogP contribution in [0.25, 0.3) is 0 Å².